The number of aromatic nitrogens is 3. The van der Waals surface area contributed by atoms with Crippen LogP contribution in [0, 0.1) is 13.8 Å². The van der Waals surface area contributed by atoms with E-state index >= 15 is 0 Å². The van der Waals surface area contributed by atoms with Crippen molar-refractivity contribution in [2.45, 2.75) is 33.8 Å². The molecule has 0 unspecified atom stereocenters. The highest BCUT2D eigenvalue weighted by Gasteiger charge is 2.16. The van der Waals surface area contributed by atoms with Gasteiger partial charge in [0.1, 0.15) is 11.8 Å². The lowest BCUT2D eigenvalue weighted by Gasteiger charge is -2.04. The molecule has 2 rings (SSSR count). The average Bonchev–Trinajstić information content (AvgIpc) is 2.77. The van der Waals surface area contributed by atoms with Crippen molar-refractivity contribution in [1.82, 2.24) is 15.1 Å². The van der Waals surface area contributed by atoms with E-state index in [1.165, 1.54) is 0 Å². The van der Waals surface area contributed by atoms with Gasteiger partial charge in [0.2, 0.25) is 5.82 Å². The first-order valence-corrected chi connectivity index (χ1v) is 6.01. The molecule has 1 atom stereocenters. The first kappa shape index (κ1) is 12.7. The van der Waals surface area contributed by atoms with Gasteiger partial charge in [-0.1, -0.05) is 5.16 Å². The largest absolute Gasteiger partial charge is 0.369 e. The van der Waals surface area contributed by atoms with Gasteiger partial charge in [-0.25, -0.2) is 4.98 Å². The fourth-order valence-corrected chi connectivity index (χ4v) is 1.78. The number of ether oxygens (including phenoxy) is 1. The summed E-state index contributed by atoms with van der Waals surface area (Å²) in [7, 11) is 0. The van der Waals surface area contributed by atoms with Crippen LogP contribution in [0.5, 0.6) is 0 Å². The second-order valence-electron chi connectivity index (χ2n) is 4.22. The molecular weight excluding hydrogens is 230 g/mol. The lowest BCUT2D eigenvalue weighted by Crippen LogP contribution is -1.99. The second kappa shape index (κ2) is 5.27. The molecule has 0 amide bonds. The minimum Gasteiger partial charge on any atom is -0.369 e. The lowest BCUT2D eigenvalue weighted by molar-refractivity contribution is 0.0519. The van der Waals surface area contributed by atoms with Crippen LogP contribution in [0.25, 0.3) is 11.5 Å². The highest BCUT2D eigenvalue weighted by molar-refractivity contribution is 5.50. The predicted molar refractivity (Wildman–Crippen MR) is 67.0 cm³/mol. The monoisotopic (exact) mass is 247 g/mol. The maximum Gasteiger partial charge on any atom is 0.255 e. The highest BCUT2D eigenvalue weighted by atomic mass is 16.5. The van der Waals surface area contributed by atoms with Crippen molar-refractivity contribution in [3.05, 3.63) is 29.3 Å². The first-order valence-electron chi connectivity index (χ1n) is 6.01. The van der Waals surface area contributed by atoms with Crippen molar-refractivity contribution < 1.29 is 9.26 Å². The van der Waals surface area contributed by atoms with Crippen LogP contribution in [0.4, 0.5) is 0 Å². The highest BCUT2D eigenvalue weighted by Crippen LogP contribution is 2.20. The molecule has 0 saturated heterocycles. The molecule has 2 aromatic rings. The third-order valence-corrected chi connectivity index (χ3v) is 2.53. The van der Waals surface area contributed by atoms with E-state index in [0.717, 1.165) is 17.0 Å². The van der Waals surface area contributed by atoms with Crippen LogP contribution in [-0.2, 0) is 4.74 Å². The molecule has 5 nitrogen and oxygen atoms in total. The van der Waals surface area contributed by atoms with Gasteiger partial charge in [-0.05, 0) is 45.4 Å². The molecule has 18 heavy (non-hydrogen) atoms. The van der Waals surface area contributed by atoms with Crippen LogP contribution in [-0.4, -0.2) is 21.7 Å². The van der Waals surface area contributed by atoms with Gasteiger partial charge >= 0.3 is 0 Å². The van der Waals surface area contributed by atoms with Gasteiger partial charge in [0.15, 0.2) is 0 Å². The first-order chi connectivity index (χ1) is 8.60. The SMILES string of the molecule is CCO[C@@H](C)c1nc(-c2cc(C)cc(C)n2)no1. The molecule has 0 aliphatic rings. The van der Waals surface area contributed by atoms with Gasteiger partial charge < -0.3 is 9.26 Å². The Morgan fingerprint density at radius 3 is 2.72 bits per heavy atom. The minimum atomic E-state index is -0.192. The Morgan fingerprint density at radius 1 is 1.28 bits per heavy atom. The fourth-order valence-electron chi connectivity index (χ4n) is 1.78. The molecular formula is C13H17N3O2. The van der Waals surface area contributed by atoms with Crippen LogP contribution in [0.1, 0.15) is 37.1 Å². The average molecular weight is 247 g/mol. The molecule has 0 spiro atoms. The summed E-state index contributed by atoms with van der Waals surface area (Å²) >= 11 is 0. The Balaban J connectivity index is 2.29. The zero-order valence-corrected chi connectivity index (χ0v) is 11.1. The van der Waals surface area contributed by atoms with Crippen molar-refractivity contribution in [3.63, 3.8) is 0 Å². The zero-order valence-electron chi connectivity index (χ0n) is 11.1. The predicted octanol–water partition coefficient (Wildman–Crippen LogP) is 2.85. The van der Waals surface area contributed by atoms with Gasteiger partial charge in [0.05, 0.1) is 0 Å². The molecule has 0 aliphatic carbocycles. The van der Waals surface area contributed by atoms with Gasteiger partial charge in [0.25, 0.3) is 5.89 Å². The molecule has 0 N–H and O–H groups in total. The standard InChI is InChI=1S/C13H17N3O2/c1-5-17-10(4)13-15-12(16-18-13)11-7-8(2)6-9(3)14-11/h6-7,10H,5H2,1-4H3/t10-/m0/s1. The van der Waals surface area contributed by atoms with Crippen LogP contribution in [0.2, 0.25) is 0 Å². The number of nitrogens with zero attached hydrogens (tertiary/aromatic N) is 3. The Hall–Kier alpha value is -1.75. The minimum absolute atomic E-state index is 0.192. The summed E-state index contributed by atoms with van der Waals surface area (Å²) < 4.78 is 10.6. The summed E-state index contributed by atoms with van der Waals surface area (Å²) in [4.78, 5) is 8.71. The van der Waals surface area contributed by atoms with E-state index in [0.29, 0.717) is 18.3 Å². The number of pyridine rings is 1. The number of hydrogen-bond acceptors (Lipinski definition) is 5. The van der Waals surface area contributed by atoms with Crippen molar-refractivity contribution >= 4 is 0 Å². The van der Waals surface area contributed by atoms with Crippen LogP contribution in [0.3, 0.4) is 0 Å². The summed E-state index contributed by atoms with van der Waals surface area (Å²) in [5, 5.41) is 3.94. The van der Waals surface area contributed by atoms with E-state index in [1.54, 1.807) is 0 Å². The zero-order chi connectivity index (χ0) is 13.1. The molecule has 0 saturated carbocycles. The lowest BCUT2D eigenvalue weighted by atomic mass is 10.2. The van der Waals surface area contributed by atoms with E-state index in [4.69, 9.17) is 9.26 Å². The van der Waals surface area contributed by atoms with E-state index < -0.39 is 0 Å². The fraction of sp³-hybridized carbons (Fsp3) is 0.462. The summed E-state index contributed by atoms with van der Waals surface area (Å²) in [6, 6.07) is 3.94. The molecule has 0 aliphatic heterocycles. The maximum atomic E-state index is 5.41. The molecule has 2 aromatic heterocycles. The summed E-state index contributed by atoms with van der Waals surface area (Å²) in [6.45, 7) is 8.39. The van der Waals surface area contributed by atoms with E-state index in [9.17, 15) is 0 Å². The van der Waals surface area contributed by atoms with Crippen molar-refractivity contribution in [1.29, 1.82) is 0 Å². The molecule has 2 heterocycles. The Morgan fingerprint density at radius 2 is 2.06 bits per heavy atom. The second-order valence-corrected chi connectivity index (χ2v) is 4.22. The number of hydrogen-bond donors (Lipinski definition) is 0. The molecule has 0 bridgehead atoms. The normalized spacial score (nSPS) is 12.7. The summed E-state index contributed by atoms with van der Waals surface area (Å²) in [5.74, 6) is 0.983. The van der Waals surface area contributed by atoms with E-state index in [-0.39, 0.29) is 6.10 Å². The van der Waals surface area contributed by atoms with Crippen LogP contribution in [0.15, 0.2) is 16.7 Å². The van der Waals surface area contributed by atoms with Crippen LogP contribution >= 0.6 is 0 Å². The molecule has 96 valence electrons. The van der Waals surface area contributed by atoms with Gasteiger partial charge in [-0.2, -0.15) is 4.98 Å². The van der Waals surface area contributed by atoms with Crippen LogP contribution < -0.4 is 0 Å². The Labute approximate surface area is 106 Å². The third-order valence-electron chi connectivity index (χ3n) is 2.53. The quantitative estimate of drug-likeness (QED) is 0.831. The summed E-state index contributed by atoms with van der Waals surface area (Å²) in [5.41, 5.74) is 2.79. The van der Waals surface area contributed by atoms with Crippen molar-refractivity contribution in [2.24, 2.45) is 0 Å². The molecule has 0 aromatic carbocycles. The van der Waals surface area contributed by atoms with Gasteiger partial charge in [-0.3, -0.25) is 0 Å². The number of aryl methyl sites for hydroxylation is 2. The third kappa shape index (κ3) is 2.73. The smallest absolute Gasteiger partial charge is 0.255 e. The molecule has 0 radical (unpaired) electrons. The maximum absolute atomic E-state index is 5.41. The van der Waals surface area contributed by atoms with Crippen molar-refractivity contribution in [3.8, 4) is 11.5 Å². The molecule has 0 fully saturated rings. The Kier molecular flexibility index (Phi) is 3.72. The summed E-state index contributed by atoms with van der Waals surface area (Å²) in [6.07, 6.45) is -0.192. The number of rotatable bonds is 4. The van der Waals surface area contributed by atoms with E-state index in [1.807, 2.05) is 39.8 Å². The van der Waals surface area contributed by atoms with Crippen molar-refractivity contribution in [2.75, 3.05) is 6.61 Å². The van der Waals surface area contributed by atoms with E-state index in [2.05, 4.69) is 15.1 Å². The molecule has 5 heteroatoms. The Bertz CT molecular complexity index is 517. The van der Waals surface area contributed by atoms with Gasteiger partial charge in [-0.15, -0.1) is 0 Å². The van der Waals surface area contributed by atoms with Gasteiger partial charge in [0, 0.05) is 12.3 Å². The topological polar surface area (TPSA) is 61.0 Å².